The van der Waals surface area contributed by atoms with Crippen molar-refractivity contribution in [3.8, 4) is 11.5 Å². The molecule has 0 unspecified atom stereocenters. The molecule has 1 atom stereocenters. The lowest BCUT2D eigenvalue weighted by atomic mass is 10.1. The zero-order valence-electron chi connectivity index (χ0n) is 13.2. The van der Waals surface area contributed by atoms with Crippen LogP contribution in [0.3, 0.4) is 0 Å². The van der Waals surface area contributed by atoms with Crippen molar-refractivity contribution in [1.82, 2.24) is 5.32 Å². The Balaban J connectivity index is 1.75. The Hall–Kier alpha value is -2.20. The molecule has 0 radical (unpaired) electrons. The minimum atomic E-state index is -0.0862. The first kappa shape index (κ1) is 17.2. The van der Waals surface area contributed by atoms with E-state index in [0.29, 0.717) is 18.1 Å². The van der Waals surface area contributed by atoms with Crippen LogP contribution in [-0.2, 0) is 11.2 Å². The maximum atomic E-state index is 12.0. The van der Waals surface area contributed by atoms with Crippen molar-refractivity contribution in [2.24, 2.45) is 0 Å². The van der Waals surface area contributed by atoms with Crippen molar-refractivity contribution in [3.05, 3.63) is 59.1 Å². The number of rotatable bonds is 7. The molecule has 0 aliphatic rings. The molecule has 4 nitrogen and oxygen atoms in total. The summed E-state index contributed by atoms with van der Waals surface area (Å²) >= 11 is 5.83. The summed E-state index contributed by atoms with van der Waals surface area (Å²) in [7, 11) is 1.62. The molecule has 0 bridgehead atoms. The Morgan fingerprint density at radius 2 is 1.70 bits per heavy atom. The number of ether oxygens (including phenoxy) is 2. The fourth-order valence-corrected chi connectivity index (χ4v) is 2.17. The zero-order valence-corrected chi connectivity index (χ0v) is 14.0. The van der Waals surface area contributed by atoms with E-state index in [2.05, 4.69) is 5.32 Å². The number of benzene rings is 2. The number of amides is 1. The predicted octanol–water partition coefficient (Wildman–Crippen LogP) is 3.47. The van der Waals surface area contributed by atoms with E-state index in [4.69, 9.17) is 21.1 Å². The van der Waals surface area contributed by atoms with Crippen LogP contribution in [0, 0.1) is 0 Å². The van der Waals surface area contributed by atoms with Crippen molar-refractivity contribution >= 4 is 17.5 Å². The van der Waals surface area contributed by atoms with Crippen molar-refractivity contribution in [3.63, 3.8) is 0 Å². The number of carbonyl (C=O) groups excluding carboxylic acids is 1. The van der Waals surface area contributed by atoms with Gasteiger partial charge in [0.05, 0.1) is 19.6 Å². The molecule has 2 aromatic rings. The summed E-state index contributed by atoms with van der Waals surface area (Å²) in [5.41, 5.74) is 0.926. The lowest BCUT2D eigenvalue weighted by molar-refractivity contribution is -0.121. The third-order valence-corrected chi connectivity index (χ3v) is 3.50. The fraction of sp³-hybridized carbons (Fsp3) is 0.278. The first-order chi connectivity index (χ1) is 11.1. The van der Waals surface area contributed by atoms with Gasteiger partial charge in [0.15, 0.2) is 0 Å². The maximum absolute atomic E-state index is 12.0. The standard InChI is InChI=1S/C18H20ClNO3/c1-13(12-23-17-9-7-16(22-2)8-10-17)20-18(21)11-14-3-5-15(19)6-4-14/h3-10,13H,11-12H2,1-2H3,(H,20,21)/t13-/m0/s1. The van der Waals surface area contributed by atoms with Crippen molar-refractivity contribution in [2.45, 2.75) is 19.4 Å². The van der Waals surface area contributed by atoms with Gasteiger partial charge in [0.25, 0.3) is 0 Å². The predicted molar refractivity (Wildman–Crippen MR) is 91.2 cm³/mol. The van der Waals surface area contributed by atoms with Crippen LogP contribution in [0.2, 0.25) is 5.02 Å². The van der Waals surface area contributed by atoms with Gasteiger partial charge in [-0.15, -0.1) is 0 Å². The average Bonchev–Trinajstić information content (AvgIpc) is 2.55. The van der Waals surface area contributed by atoms with E-state index < -0.39 is 0 Å². The lowest BCUT2D eigenvalue weighted by Crippen LogP contribution is -2.37. The highest BCUT2D eigenvalue weighted by molar-refractivity contribution is 6.30. The first-order valence-electron chi connectivity index (χ1n) is 7.37. The molecule has 2 rings (SSSR count). The highest BCUT2D eigenvalue weighted by atomic mass is 35.5. The quantitative estimate of drug-likeness (QED) is 0.844. The van der Waals surface area contributed by atoms with E-state index in [1.54, 1.807) is 19.2 Å². The van der Waals surface area contributed by atoms with Crippen molar-refractivity contribution in [1.29, 1.82) is 0 Å². The molecule has 1 amide bonds. The van der Waals surface area contributed by atoms with Crippen LogP contribution >= 0.6 is 11.6 Å². The number of carbonyl (C=O) groups is 1. The van der Waals surface area contributed by atoms with Crippen LogP contribution < -0.4 is 14.8 Å². The second-order valence-electron chi connectivity index (χ2n) is 5.26. The SMILES string of the molecule is COc1ccc(OC[C@H](C)NC(=O)Cc2ccc(Cl)cc2)cc1. The third-order valence-electron chi connectivity index (χ3n) is 3.24. The second kappa shape index (κ2) is 8.44. The lowest BCUT2D eigenvalue weighted by Gasteiger charge is -2.15. The summed E-state index contributed by atoms with van der Waals surface area (Å²) in [5.74, 6) is 1.48. The molecule has 0 aromatic heterocycles. The normalized spacial score (nSPS) is 11.6. The Kier molecular flexibility index (Phi) is 6.29. The maximum Gasteiger partial charge on any atom is 0.224 e. The molecular formula is C18H20ClNO3. The Morgan fingerprint density at radius 1 is 1.09 bits per heavy atom. The monoisotopic (exact) mass is 333 g/mol. The highest BCUT2D eigenvalue weighted by Gasteiger charge is 2.09. The van der Waals surface area contributed by atoms with Crippen LogP contribution in [0.15, 0.2) is 48.5 Å². The number of hydrogen-bond acceptors (Lipinski definition) is 3. The van der Waals surface area contributed by atoms with Gasteiger partial charge in [-0.25, -0.2) is 0 Å². The number of hydrogen-bond donors (Lipinski definition) is 1. The van der Waals surface area contributed by atoms with Crippen molar-refractivity contribution in [2.75, 3.05) is 13.7 Å². The van der Waals surface area contributed by atoms with Crippen LogP contribution in [0.4, 0.5) is 0 Å². The molecule has 5 heteroatoms. The topological polar surface area (TPSA) is 47.6 Å². The van der Waals surface area contributed by atoms with Gasteiger partial charge in [-0.2, -0.15) is 0 Å². The van der Waals surface area contributed by atoms with E-state index in [9.17, 15) is 4.79 Å². The van der Waals surface area contributed by atoms with Gasteiger partial charge in [0.1, 0.15) is 18.1 Å². The van der Waals surface area contributed by atoms with E-state index in [0.717, 1.165) is 17.1 Å². The first-order valence-corrected chi connectivity index (χ1v) is 7.75. The molecule has 2 aromatic carbocycles. The summed E-state index contributed by atoms with van der Waals surface area (Å²) in [6.07, 6.45) is 0.323. The fourth-order valence-electron chi connectivity index (χ4n) is 2.05. The average molecular weight is 334 g/mol. The molecule has 0 saturated heterocycles. The van der Waals surface area contributed by atoms with Crippen LogP contribution in [0.1, 0.15) is 12.5 Å². The number of methoxy groups -OCH3 is 1. The Morgan fingerprint density at radius 3 is 2.30 bits per heavy atom. The summed E-state index contributed by atoms with van der Waals surface area (Å²) in [4.78, 5) is 12.0. The van der Waals surface area contributed by atoms with Gasteiger partial charge >= 0.3 is 0 Å². The molecule has 23 heavy (non-hydrogen) atoms. The van der Waals surface area contributed by atoms with E-state index in [1.165, 1.54) is 0 Å². The molecular weight excluding hydrogens is 314 g/mol. The molecule has 0 heterocycles. The van der Waals surface area contributed by atoms with Gasteiger partial charge < -0.3 is 14.8 Å². The molecule has 0 aliphatic carbocycles. The second-order valence-corrected chi connectivity index (χ2v) is 5.69. The van der Waals surface area contributed by atoms with Gasteiger partial charge in [-0.05, 0) is 48.9 Å². The summed E-state index contributed by atoms with van der Waals surface area (Å²) in [6, 6.07) is 14.5. The van der Waals surface area contributed by atoms with E-state index in [-0.39, 0.29) is 11.9 Å². The van der Waals surface area contributed by atoms with Gasteiger partial charge in [0, 0.05) is 5.02 Å². The van der Waals surface area contributed by atoms with E-state index >= 15 is 0 Å². The zero-order chi connectivity index (χ0) is 16.7. The molecule has 0 aliphatic heterocycles. The molecule has 0 saturated carbocycles. The largest absolute Gasteiger partial charge is 0.497 e. The van der Waals surface area contributed by atoms with Crippen LogP contribution in [-0.4, -0.2) is 25.7 Å². The molecule has 0 spiro atoms. The molecule has 0 fully saturated rings. The Bertz CT molecular complexity index is 626. The number of halogens is 1. The number of nitrogens with one attached hydrogen (secondary N) is 1. The third kappa shape index (κ3) is 5.83. The van der Waals surface area contributed by atoms with Gasteiger partial charge in [0.2, 0.25) is 5.91 Å². The van der Waals surface area contributed by atoms with Crippen molar-refractivity contribution < 1.29 is 14.3 Å². The minimum absolute atomic E-state index is 0.0434. The smallest absolute Gasteiger partial charge is 0.224 e. The minimum Gasteiger partial charge on any atom is -0.497 e. The summed E-state index contributed by atoms with van der Waals surface area (Å²) in [5, 5.41) is 3.58. The van der Waals surface area contributed by atoms with Gasteiger partial charge in [-0.3, -0.25) is 4.79 Å². The van der Waals surface area contributed by atoms with Gasteiger partial charge in [-0.1, -0.05) is 23.7 Å². The van der Waals surface area contributed by atoms with Crippen LogP contribution in [0.25, 0.3) is 0 Å². The van der Waals surface area contributed by atoms with Crippen LogP contribution in [0.5, 0.6) is 11.5 Å². The van der Waals surface area contributed by atoms with E-state index in [1.807, 2.05) is 43.3 Å². The summed E-state index contributed by atoms with van der Waals surface area (Å²) in [6.45, 7) is 2.31. The molecule has 122 valence electrons. The highest BCUT2D eigenvalue weighted by Crippen LogP contribution is 2.17. The summed E-state index contributed by atoms with van der Waals surface area (Å²) < 4.78 is 10.7. The molecule has 1 N–H and O–H groups in total. The Labute approximate surface area is 141 Å².